The van der Waals surface area contributed by atoms with E-state index >= 15 is 0 Å². The molecule has 4 rings (SSSR count). The SMILES string of the molecule is COc1ccc2c(CC(=O)N3CCCC(n4ccnc4)C3)coc2c1. The van der Waals surface area contributed by atoms with Crippen LogP contribution in [0, 0.1) is 0 Å². The maximum Gasteiger partial charge on any atom is 0.227 e. The summed E-state index contributed by atoms with van der Waals surface area (Å²) in [6.07, 6.45) is 9.71. The van der Waals surface area contributed by atoms with E-state index in [2.05, 4.69) is 9.55 Å². The number of carbonyl (C=O) groups excluding carboxylic acids is 1. The van der Waals surface area contributed by atoms with Crippen molar-refractivity contribution in [2.75, 3.05) is 20.2 Å². The Balaban J connectivity index is 1.48. The Morgan fingerprint density at radius 3 is 3.16 bits per heavy atom. The van der Waals surface area contributed by atoms with Gasteiger partial charge in [-0.2, -0.15) is 0 Å². The first-order valence-electron chi connectivity index (χ1n) is 8.54. The van der Waals surface area contributed by atoms with Crippen LogP contribution in [-0.4, -0.2) is 40.6 Å². The fraction of sp³-hybridized carbons (Fsp3) is 0.368. The Labute approximate surface area is 146 Å². The zero-order valence-corrected chi connectivity index (χ0v) is 14.2. The zero-order valence-electron chi connectivity index (χ0n) is 14.2. The lowest BCUT2D eigenvalue weighted by Gasteiger charge is -2.33. The zero-order chi connectivity index (χ0) is 17.2. The van der Waals surface area contributed by atoms with Crippen LogP contribution in [0.15, 0.2) is 47.6 Å². The molecule has 3 aromatic rings. The molecular formula is C19H21N3O3. The van der Waals surface area contributed by atoms with E-state index in [1.807, 2.05) is 35.6 Å². The van der Waals surface area contributed by atoms with Gasteiger partial charge in [0, 0.05) is 42.5 Å². The van der Waals surface area contributed by atoms with Crippen LogP contribution < -0.4 is 4.74 Å². The Morgan fingerprint density at radius 1 is 1.44 bits per heavy atom. The number of hydrogen-bond acceptors (Lipinski definition) is 4. The Bertz CT molecular complexity index is 869. The molecule has 1 aromatic carbocycles. The monoisotopic (exact) mass is 339 g/mol. The second-order valence-corrected chi connectivity index (χ2v) is 6.45. The second kappa shape index (κ2) is 6.63. The van der Waals surface area contributed by atoms with Gasteiger partial charge >= 0.3 is 0 Å². The smallest absolute Gasteiger partial charge is 0.227 e. The van der Waals surface area contributed by atoms with Crippen LogP contribution in [0.3, 0.4) is 0 Å². The average molecular weight is 339 g/mol. The molecule has 6 nitrogen and oxygen atoms in total. The molecule has 1 fully saturated rings. The van der Waals surface area contributed by atoms with E-state index in [9.17, 15) is 4.79 Å². The largest absolute Gasteiger partial charge is 0.497 e. The number of piperidine rings is 1. The molecule has 1 amide bonds. The second-order valence-electron chi connectivity index (χ2n) is 6.45. The Kier molecular flexibility index (Phi) is 4.17. The van der Waals surface area contributed by atoms with Crippen molar-refractivity contribution in [1.82, 2.24) is 14.5 Å². The van der Waals surface area contributed by atoms with Crippen LogP contribution in [0.1, 0.15) is 24.4 Å². The predicted molar refractivity (Wildman–Crippen MR) is 93.5 cm³/mol. The summed E-state index contributed by atoms with van der Waals surface area (Å²) in [6.45, 7) is 1.55. The van der Waals surface area contributed by atoms with E-state index < -0.39 is 0 Å². The first-order valence-corrected chi connectivity index (χ1v) is 8.54. The summed E-state index contributed by atoms with van der Waals surface area (Å²) in [5, 5.41) is 0.970. The lowest BCUT2D eigenvalue weighted by atomic mass is 10.0. The van der Waals surface area contributed by atoms with Gasteiger partial charge in [-0.25, -0.2) is 4.98 Å². The van der Waals surface area contributed by atoms with Crippen LogP contribution >= 0.6 is 0 Å². The third-order valence-electron chi connectivity index (χ3n) is 4.90. The lowest BCUT2D eigenvalue weighted by molar-refractivity contribution is -0.132. The number of aromatic nitrogens is 2. The normalized spacial score (nSPS) is 17.8. The molecule has 6 heteroatoms. The molecule has 3 heterocycles. The van der Waals surface area contributed by atoms with Gasteiger partial charge in [-0.3, -0.25) is 4.79 Å². The molecule has 0 N–H and O–H groups in total. The molecule has 0 saturated carbocycles. The van der Waals surface area contributed by atoms with E-state index in [1.54, 1.807) is 19.6 Å². The molecule has 2 aromatic heterocycles. The van der Waals surface area contributed by atoms with Crippen LogP contribution in [0.2, 0.25) is 0 Å². The van der Waals surface area contributed by atoms with Crippen LogP contribution in [0.4, 0.5) is 0 Å². The summed E-state index contributed by atoms with van der Waals surface area (Å²) in [6, 6.07) is 6.00. The summed E-state index contributed by atoms with van der Waals surface area (Å²) >= 11 is 0. The van der Waals surface area contributed by atoms with Crippen LogP contribution in [0.5, 0.6) is 5.75 Å². The third-order valence-corrected chi connectivity index (χ3v) is 4.90. The molecule has 0 spiro atoms. The standard InChI is InChI=1S/C19H21N3O3/c1-24-16-4-5-17-14(12-25-18(17)10-16)9-19(23)21-7-2-3-15(11-21)22-8-6-20-13-22/h4-6,8,10,12-13,15H,2-3,7,9,11H2,1H3. The fourth-order valence-corrected chi connectivity index (χ4v) is 3.51. The highest BCUT2D eigenvalue weighted by Crippen LogP contribution is 2.27. The number of benzene rings is 1. The number of likely N-dealkylation sites (tertiary alicyclic amines) is 1. The number of imidazole rings is 1. The van der Waals surface area contributed by atoms with Crippen molar-refractivity contribution in [3.63, 3.8) is 0 Å². The average Bonchev–Trinajstić information content (AvgIpc) is 3.32. The van der Waals surface area contributed by atoms with Crippen molar-refractivity contribution < 1.29 is 13.9 Å². The van der Waals surface area contributed by atoms with Gasteiger partial charge in [0.2, 0.25) is 5.91 Å². The highest BCUT2D eigenvalue weighted by molar-refractivity contribution is 5.88. The molecule has 0 aliphatic carbocycles. The highest BCUT2D eigenvalue weighted by atomic mass is 16.5. The minimum absolute atomic E-state index is 0.142. The number of nitrogens with zero attached hydrogens (tertiary/aromatic N) is 3. The molecule has 25 heavy (non-hydrogen) atoms. The summed E-state index contributed by atoms with van der Waals surface area (Å²) in [5.41, 5.74) is 1.67. The Hall–Kier alpha value is -2.76. The van der Waals surface area contributed by atoms with Crippen molar-refractivity contribution in [2.24, 2.45) is 0 Å². The Morgan fingerprint density at radius 2 is 2.36 bits per heavy atom. The summed E-state index contributed by atoms with van der Waals surface area (Å²) < 4.78 is 12.9. The van der Waals surface area contributed by atoms with Crippen molar-refractivity contribution in [3.8, 4) is 5.75 Å². The van der Waals surface area contributed by atoms with E-state index in [4.69, 9.17) is 9.15 Å². The minimum atomic E-state index is 0.142. The van der Waals surface area contributed by atoms with Crippen LogP contribution in [-0.2, 0) is 11.2 Å². The maximum atomic E-state index is 12.8. The molecule has 1 aliphatic heterocycles. The molecule has 130 valence electrons. The molecule has 1 atom stereocenters. The van der Waals surface area contributed by atoms with Gasteiger partial charge in [0.15, 0.2) is 0 Å². The van der Waals surface area contributed by atoms with Crippen molar-refractivity contribution >= 4 is 16.9 Å². The van der Waals surface area contributed by atoms with Crippen LogP contribution in [0.25, 0.3) is 11.0 Å². The molecule has 0 radical (unpaired) electrons. The lowest BCUT2D eigenvalue weighted by Crippen LogP contribution is -2.41. The van der Waals surface area contributed by atoms with Gasteiger partial charge in [0.1, 0.15) is 11.3 Å². The minimum Gasteiger partial charge on any atom is -0.497 e. The molecule has 0 bridgehead atoms. The first kappa shape index (κ1) is 15.7. The van der Waals surface area contributed by atoms with Gasteiger partial charge in [-0.1, -0.05) is 0 Å². The number of carbonyl (C=O) groups is 1. The van der Waals surface area contributed by atoms with Crippen molar-refractivity contribution in [2.45, 2.75) is 25.3 Å². The summed E-state index contributed by atoms with van der Waals surface area (Å²) in [4.78, 5) is 18.9. The number of fused-ring (bicyclic) bond motifs is 1. The highest BCUT2D eigenvalue weighted by Gasteiger charge is 2.25. The number of ether oxygens (including phenoxy) is 1. The van der Waals surface area contributed by atoms with Gasteiger partial charge < -0.3 is 18.6 Å². The van der Waals surface area contributed by atoms with Gasteiger partial charge in [-0.15, -0.1) is 0 Å². The van der Waals surface area contributed by atoms with Crippen molar-refractivity contribution in [3.05, 3.63) is 48.7 Å². The van der Waals surface area contributed by atoms with E-state index in [1.165, 1.54) is 0 Å². The number of hydrogen-bond donors (Lipinski definition) is 0. The van der Waals surface area contributed by atoms with E-state index in [-0.39, 0.29) is 5.91 Å². The number of methoxy groups -OCH3 is 1. The predicted octanol–water partition coefficient (Wildman–Crippen LogP) is 3.04. The first-order chi connectivity index (χ1) is 12.2. The molecule has 1 aliphatic rings. The topological polar surface area (TPSA) is 60.5 Å². The number of amides is 1. The maximum absolute atomic E-state index is 12.8. The molecule has 1 unspecified atom stereocenters. The van der Waals surface area contributed by atoms with Crippen molar-refractivity contribution in [1.29, 1.82) is 0 Å². The van der Waals surface area contributed by atoms with Gasteiger partial charge in [0.25, 0.3) is 0 Å². The van der Waals surface area contributed by atoms with Gasteiger partial charge in [0.05, 0.1) is 32.2 Å². The molecule has 1 saturated heterocycles. The summed E-state index contributed by atoms with van der Waals surface area (Å²) in [5.74, 6) is 0.891. The van der Waals surface area contributed by atoms with Gasteiger partial charge in [-0.05, 0) is 25.0 Å². The number of rotatable bonds is 4. The van der Waals surface area contributed by atoms with E-state index in [0.717, 1.165) is 48.2 Å². The molecular weight excluding hydrogens is 318 g/mol. The number of furan rings is 1. The van der Waals surface area contributed by atoms with E-state index in [0.29, 0.717) is 12.5 Å². The third kappa shape index (κ3) is 3.12. The summed E-state index contributed by atoms with van der Waals surface area (Å²) in [7, 11) is 1.63. The quantitative estimate of drug-likeness (QED) is 0.733. The fourth-order valence-electron chi connectivity index (χ4n) is 3.51.